The smallest absolute Gasteiger partial charge is 0.241 e. The number of imidazole rings is 1. The fraction of sp³-hybridized carbons (Fsp3) is 0.400. The molecule has 1 aliphatic carbocycles. The monoisotopic (exact) mass is 379 g/mol. The van der Waals surface area contributed by atoms with Gasteiger partial charge in [-0.2, -0.15) is 0 Å². The highest BCUT2D eigenvalue weighted by Crippen LogP contribution is 2.33. The second kappa shape index (κ2) is 6.54. The van der Waals surface area contributed by atoms with E-state index in [4.69, 9.17) is 4.98 Å². The predicted octanol–water partition coefficient (Wildman–Crippen LogP) is 3.63. The lowest BCUT2D eigenvalue weighted by Crippen LogP contribution is -2.19. The summed E-state index contributed by atoms with van der Waals surface area (Å²) in [6.07, 6.45) is 6.28. The predicted molar refractivity (Wildman–Crippen MR) is 106 cm³/mol. The molecule has 1 saturated carbocycles. The molecule has 1 fully saturated rings. The average molecular weight is 379 g/mol. The van der Waals surface area contributed by atoms with Gasteiger partial charge in [0, 0.05) is 17.8 Å². The molecule has 28 heavy (non-hydrogen) atoms. The van der Waals surface area contributed by atoms with Crippen LogP contribution < -0.4 is 5.32 Å². The SMILES string of the molecule is Cc1nc2ccc(-c3ccn4nc(N[C@@H](C)C5CC5)ncc34)nc2n1CCF. The van der Waals surface area contributed by atoms with Crippen LogP contribution in [0.3, 0.4) is 0 Å². The summed E-state index contributed by atoms with van der Waals surface area (Å²) in [6, 6.07) is 6.23. The van der Waals surface area contributed by atoms with Gasteiger partial charge in [0.2, 0.25) is 5.95 Å². The van der Waals surface area contributed by atoms with E-state index in [-0.39, 0.29) is 6.54 Å². The molecular weight excluding hydrogens is 357 g/mol. The third kappa shape index (κ3) is 2.89. The van der Waals surface area contributed by atoms with Gasteiger partial charge in [0.25, 0.3) is 0 Å². The molecule has 0 unspecified atom stereocenters. The van der Waals surface area contributed by atoms with Crippen LogP contribution in [0.1, 0.15) is 25.6 Å². The van der Waals surface area contributed by atoms with Crippen LogP contribution in [0.15, 0.2) is 30.6 Å². The molecule has 0 aliphatic heterocycles. The van der Waals surface area contributed by atoms with Crippen molar-refractivity contribution in [2.45, 2.75) is 39.3 Å². The summed E-state index contributed by atoms with van der Waals surface area (Å²) in [5.74, 6) is 2.13. The van der Waals surface area contributed by atoms with E-state index in [0.29, 0.717) is 17.6 Å². The molecule has 4 heterocycles. The minimum atomic E-state index is -0.448. The topological polar surface area (TPSA) is 72.9 Å². The minimum Gasteiger partial charge on any atom is -0.350 e. The fourth-order valence-corrected chi connectivity index (χ4v) is 3.72. The van der Waals surface area contributed by atoms with E-state index in [2.05, 4.69) is 27.3 Å². The summed E-state index contributed by atoms with van der Waals surface area (Å²) in [4.78, 5) is 13.7. The number of hydrogen-bond donors (Lipinski definition) is 1. The van der Waals surface area contributed by atoms with E-state index in [1.807, 2.05) is 46.6 Å². The first-order valence-corrected chi connectivity index (χ1v) is 9.65. The van der Waals surface area contributed by atoms with Crippen molar-refractivity contribution in [2.75, 3.05) is 12.0 Å². The van der Waals surface area contributed by atoms with Crippen LogP contribution in [0.5, 0.6) is 0 Å². The molecule has 4 aromatic rings. The second-order valence-corrected chi connectivity index (χ2v) is 7.45. The molecule has 144 valence electrons. The second-order valence-electron chi connectivity index (χ2n) is 7.45. The zero-order chi connectivity index (χ0) is 19.3. The van der Waals surface area contributed by atoms with Crippen LogP contribution >= 0.6 is 0 Å². The zero-order valence-electron chi connectivity index (χ0n) is 15.9. The van der Waals surface area contributed by atoms with Gasteiger partial charge >= 0.3 is 0 Å². The zero-order valence-corrected chi connectivity index (χ0v) is 15.9. The lowest BCUT2D eigenvalue weighted by Gasteiger charge is -2.12. The summed E-state index contributed by atoms with van der Waals surface area (Å²) in [5.41, 5.74) is 4.09. The maximum absolute atomic E-state index is 12.9. The lowest BCUT2D eigenvalue weighted by atomic mass is 10.2. The van der Waals surface area contributed by atoms with E-state index in [9.17, 15) is 4.39 Å². The van der Waals surface area contributed by atoms with Gasteiger partial charge in [-0.25, -0.2) is 23.9 Å². The minimum absolute atomic E-state index is 0.257. The molecule has 0 amide bonds. The van der Waals surface area contributed by atoms with Crippen LogP contribution in [-0.2, 0) is 6.54 Å². The molecule has 1 aliphatic rings. The molecule has 7 nitrogen and oxygen atoms in total. The van der Waals surface area contributed by atoms with E-state index < -0.39 is 6.67 Å². The number of fused-ring (bicyclic) bond motifs is 2. The number of anilines is 1. The summed E-state index contributed by atoms with van der Waals surface area (Å²) in [7, 11) is 0. The Kier molecular flexibility index (Phi) is 3.99. The van der Waals surface area contributed by atoms with Gasteiger partial charge in [0.05, 0.1) is 24.0 Å². The Hall–Kier alpha value is -3.03. The van der Waals surface area contributed by atoms with Crippen molar-refractivity contribution in [2.24, 2.45) is 5.92 Å². The van der Waals surface area contributed by atoms with Gasteiger partial charge < -0.3 is 9.88 Å². The quantitative estimate of drug-likeness (QED) is 0.554. The van der Waals surface area contributed by atoms with Gasteiger partial charge in [-0.05, 0) is 50.8 Å². The van der Waals surface area contributed by atoms with E-state index in [1.165, 1.54) is 12.8 Å². The number of alkyl halides is 1. The van der Waals surface area contributed by atoms with Crippen LogP contribution in [-0.4, -0.2) is 41.8 Å². The van der Waals surface area contributed by atoms with E-state index >= 15 is 0 Å². The van der Waals surface area contributed by atoms with Crippen molar-refractivity contribution in [1.29, 1.82) is 0 Å². The summed E-state index contributed by atoms with van der Waals surface area (Å²) in [6.45, 7) is 3.85. The molecular formula is C20H22FN7. The van der Waals surface area contributed by atoms with Crippen molar-refractivity contribution in [3.63, 3.8) is 0 Å². The van der Waals surface area contributed by atoms with Gasteiger partial charge in [0.1, 0.15) is 18.0 Å². The molecule has 5 rings (SSSR count). The van der Waals surface area contributed by atoms with Crippen LogP contribution in [0.2, 0.25) is 0 Å². The third-order valence-electron chi connectivity index (χ3n) is 5.47. The van der Waals surface area contributed by atoms with Crippen molar-refractivity contribution >= 4 is 22.6 Å². The molecule has 8 heteroatoms. The maximum atomic E-state index is 12.9. The van der Waals surface area contributed by atoms with Crippen LogP contribution in [0.4, 0.5) is 10.3 Å². The first-order valence-electron chi connectivity index (χ1n) is 9.65. The summed E-state index contributed by atoms with van der Waals surface area (Å²) in [5, 5.41) is 7.97. The Morgan fingerprint density at radius 2 is 2.11 bits per heavy atom. The Balaban J connectivity index is 1.52. The Bertz CT molecular complexity index is 1160. The number of halogens is 1. The van der Waals surface area contributed by atoms with Crippen LogP contribution in [0.25, 0.3) is 27.9 Å². The number of nitrogens with zero attached hydrogens (tertiary/aromatic N) is 6. The number of rotatable bonds is 6. The Morgan fingerprint density at radius 3 is 2.89 bits per heavy atom. The van der Waals surface area contributed by atoms with E-state index in [0.717, 1.165) is 34.0 Å². The molecule has 0 saturated heterocycles. The first-order chi connectivity index (χ1) is 13.6. The number of pyridine rings is 1. The third-order valence-corrected chi connectivity index (χ3v) is 5.47. The van der Waals surface area contributed by atoms with Gasteiger partial charge in [-0.3, -0.25) is 0 Å². The average Bonchev–Trinajstić information content (AvgIpc) is 3.39. The molecule has 0 bridgehead atoms. The number of aryl methyl sites for hydroxylation is 2. The van der Waals surface area contributed by atoms with Crippen molar-refractivity contribution in [1.82, 2.24) is 29.1 Å². The number of hydrogen-bond acceptors (Lipinski definition) is 5. The van der Waals surface area contributed by atoms with Crippen molar-refractivity contribution < 1.29 is 4.39 Å². The summed E-state index contributed by atoms with van der Waals surface area (Å²) < 4.78 is 16.6. The van der Waals surface area contributed by atoms with E-state index in [1.54, 1.807) is 0 Å². The standard InChI is InChI=1S/C20H22FN7/c1-12(14-3-4-14)23-20-22-11-18-15(7-9-28(18)26-20)16-5-6-17-19(25-16)27(10-8-21)13(2)24-17/h5-7,9,11-12,14H,3-4,8,10H2,1-2H3,(H,23,26)/t12-/m0/s1. The maximum Gasteiger partial charge on any atom is 0.241 e. The fourth-order valence-electron chi connectivity index (χ4n) is 3.72. The lowest BCUT2D eigenvalue weighted by molar-refractivity contribution is 0.445. The van der Waals surface area contributed by atoms with Gasteiger partial charge in [-0.15, -0.1) is 5.10 Å². The molecule has 1 atom stereocenters. The molecule has 1 N–H and O–H groups in total. The highest BCUT2D eigenvalue weighted by Gasteiger charge is 2.28. The van der Waals surface area contributed by atoms with Gasteiger partial charge in [-0.1, -0.05) is 0 Å². The first kappa shape index (κ1) is 17.1. The van der Waals surface area contributed by atoms with Gasteiger partial charge in [0.15, 0.2) is 5.65 Å². The number of aromatic nitrogens is 6. The van der Waals surface area contributed by atoms with Crippen molar-refractivity contribution in [3.05, 3.63) is 36.4 Å². The number of nitrogens with one attached hydrogen (secondary N) is 1. The normalized spacial score (nSPS) is 15.4. The molecule has 0 aromatic carbocycles. The largest absolute Gasteiger partial charge is 0.350 e. The highest BCUT2D eigenvalue weighted by atomic mass is 19.1. The molecule has 0 radical (unpaired) electrons. The highest BCUT2D eigenvalue weighted by molar-refractivity contribution is 5.82. The Labute approximate surface area is 161 Å². The molecule has 0 spiro atoms. The van der Waals surface area contributed by atoms with Crippen LogP contribution in [0, 0.1) is 12.8 Å². The summed E-state index contributed by atoms with van der Waals surface area (Å²) >= 11 is 0. The van der Waals surface area contributed by atoms with Crippen molar-refractivity contribution in [3.8, 4) is 11.3 Å². The Morgan fingerprint density at radius 1 is 1.25 bits per heavy atom. The molecule has 4 aromatic heterocycles.